The summed E-state index contributed by atoms with van der Waals surface area (Å²) < 4.78 is 20.4. The number of carbonyl (C=O) groups is 2. The van der Waals surface area contributed by atoms with Crippen LogP contribution in [0.1, 0.15) is 36.1 Å². The number of aliphatic hydroxyl groups is 1. The Morgan fingerprint density at radius 1 is 1.19 bits per heavy atom. The van der Waals surface area contributed by atoms with Crippen LogP contribution in [0.3, 0.4) is 0 Å². The zero-order chi connectivity index (χ0) is 23.4. The fourth-order valence-electron chi connectivity index (χ4n) is 3.80. The minimum atomic E-state index is -1.01. The topological polar surface area (TPSA) is 70.1 Å². The number of hydrogen-bond acceptors (Lipinski definition) is 5. The molecule has 0 spiro atoms. The molecule has 0 radical (unpaired) electrons. The van der Waals surface area contributed by atoms with Gasteiger partial charge in [-0.3, -0.25) is 9.59 Å². The molecular weight excluding hydrogens is 411 g/mol. The van der Waals surface area contributed by atoms with Crippen molar-refractivity contribution in [3.8, 4) is 5.75 Å². The number of nitrogens with zero attached hydrogens (tertiary/aromatic N) is 2. The van der Waals surface area contributed by atoms with Crippen LogP contribution in [0.5, 0.6) is 5.75 Å². The molecule has 1 heterocycles. The Hall–Kier alpha value is -3.19. The molecule has 0 aliphatic carbocycles. The number of Topliss-reactive ketones (excluding diaryl/α,β-unsaturated/α-hetero) is 1. The molecule has 0 aromatic heterocycles. The third-order valence-electron chi connectivity index (χ3n) is 5.45. The third kappa shape index (κ3) is 4.67. The highest BCUT2D eigenvalue weighted by Gasteiger charge is 2.46. The van der Waals surface area contributed by atoms with Gasteiger partial charge in [0, 0.05) is 24.2 Å². The van der Waals surface area contributed by atoms with Gasteiger partial charge in [0.25, 0.3) is 11.7 Å². The summed E-state index contributed by atoms with van der Waals surface area (Å²) in [5.74, 6) is -1.77. The molecular formula is C25H29FN2O4. The lowest BCUT2D eigenvalue weighted by molar-refractivity contribution is -0.140. The summed E-state index contributed by atoms with van der Waals surface area (Å²) in [4.78, 5) is 29.1. The lowest BCUT2D eigenvalue weighted by Crippen LogP contribution is -2.35. The number of ether oxygens (including phenoxy) is 1. The third-order valence-corrected chi connectivity index (χ3v) is 5.45. The highest BCUT2D eigenvalue weighted by Crippen LogP contribution is 2.40. The van der Waals surface area contributed by atoms with Gasteiger partial charge in [0.15, 0.2) is 0 Å². The maximum Gasteiger partial charge on any atom is 0.295 e. The van der Waals surface area contributed by atoms with Crippen molar-refractivity contribution < 1.29 is 23.8 Å². The van der Waals surface area contributed by atoms with E-state index >= 15 is 0 Å². The summed E-state index contributed by atoms with van der Waals surface area (Å²) >= 11 is 0. The molecule has 3 rings (SSSR count). The fourth-order valence-corrected chi connectivity index (χ4v) is 3.80. The molecule has 1 fully saturated rings. The number of ketones is 1. The van der Waals surface area contributed by atoms with E-state index in [2.05, 4.69) is 0 Å². The van der Waals surface area contributed by atoms with Gasteiger partial charge >= 0.3 is 0 Å². The van der Waals surface area contributed by atoms with Gasteiger partial charge in [-0.1, -0.05) is 25.1 Å². The van der Waals surface area contributed by atoms with E-state index in [1.165, 1.54) is 17.0 Å². The van der Waals surface area contributed by atoms with Crippen LogP contribution in [0.4, 0.5) is 4.39 Å². The molecule has 1 saturated heterocycles. The van der Waals surface area contributed by atoms with Gasteiger partial charge in [-0.25, -0.2) is 4.39 Å². The van der Waals surface area contributed by atoms with Crippen molar-refractivity contribution >= 4 is 17.4 Å². The van der Waals surface area contributed by atoms with E-state index in [1.54, 1.807) is 37.3 Å². The number of aliphatic hydroxyl groups excluding tert-OH is 1. The highest BCUT2D eigenvalue weighted by molar-refractivity contribution is 6.46. The molecule has 7 heteroatoms. The van der Waals surface area contributed by atoms with Crippen LogP contribution in [0.25, 0.3) is 5.76 Å². The fraction of sp³-hybridized carbons (Fsp3) is 0.360. The zero-order valence-corrected chi connectivity index (χ0v) is 18.9. The summed E-state index contributed by atoms with van der Waals surface area (Å²) in [6, 6.07) is 10.1. The minimum Gasteiger partial charge on any atom is -0.507 e. The first-order chi connectivity index (χ1) is 15.3. The summed E-state index contributed by atoms with van der Waals surface area (Å²) in [6.45, 7) is 5.06. The van der Waals surface area contributed by atoms with Crippen LogP contribution >= 0.6 is 0 Å². The smallest absolute Gasteiger partial charge is 0.295 e. The van der Waals surface area contributed by atoms with Gasteiger partial charge in [-0.2, -0.15) is 0 Å². The first kappa shape index (κ1) is 23.5. The van der Waals surface area contributed by atoms with Crippen molar-refractivity contribution in [3.63, 3.8) is 0 Å². The minimum absolute atomic E-state index is 0.107. The van der Waals surface area contributed by atoms with Crippen LogP contribution in [-0.2, 0) is 9.59 Å². The molecule has 1 aliphatic heterocycles. The Labute approximate surface area is 187 Å². The summed E-state index contributed by atoms with van der Waals surface area (Å²) in [7, 11) is 3.69. The van der Waals surface area contributed by atoms with Crippen molar-refractivity contribution in [2.24, 2.45) is 0 Å². The van der Waals surface area contributed by atoms with Crippen molar-refractivity contribution in [3.05, 3.63) is 70.5 Å². The van der Waals surface area contributed by atoms with Gasteiger partial charge in [-0.15, -0.1) is 0 Å². The lowest BCUT2D eigenvalue weighted by Gasteiger charge is -2.27. The molecule has 0 saturated carbocycles. The molecule has 6 nitrogen and oxygen atoms in total. The molecule has 0 unspecified atom stereocenters. The molecule has 0 bridgehead atoms. The number of benzene rings is 2. The summed E-state index contributed by atoms with van der Waals surface area (Å²) in [5.41, 5.74) is 1.15. The average Bonchev–Trinajstić information content (AvgIpc) is 3.00. The van der Waals surface area contributed by atoms with E-state index in [4.69, 9.17) is 4.74 Å². The largest absolute Gasteiger partial charge is 0.507 e. The predicted octanol–water partition coefficient (Wildman–Crippen LogP) is 3.91. The van der Waals surface area contributed by atoms with Crippen molar-refractivity contribution in [1.29, 1.82) is 0 Å². The first-order valence-corrected chi connectivity index (χ1v) is 10.7. The van der Waals surface area contributed by atoms with Crippen LogP contribution in [-0.4, -0.2) is 60.4 Å². The normalized spacial score (nSPS) is 17.9. The maximum atomic E-state index is 14.8. The van der Waals surface area contributed by atoms with Gasteiger partial charge in [0.1, 0.15) is 17.3 Å². The Bertz CT molecular complexity index is 1050. The number of amides is 1. The average molecular weight is 441 g/mol. The van der Waals surface area contributed by atoms with E-state index < -0.39 is 23.5 Å². The Balaban J connectivity index is 2.13. The van der Waals surface area contributed by atoms with Gasteiger partial charge < -0.3 is 19.6 Å². The standard InChI is InChI=1S/C25H29FN2O4/c1-5-14-32-17-10-11-18(16(2)15-17)23(29)21-22(19-8-6-7-9-20(19)26)28(13-12-27(3)4)25(31)24(21)30/h6-11,15,22,29H,5,12-14H2,1-4H3/t22-/m1/s1. The molecule has 2 aromatic rings. The summed E-state index contributed by atoms with van der Waals surface area (Å²) in [5, 5.41) is 11.2. The van der Waals surface area contributed by atoms with E-state index in [-0.39, 0.29) is 23.4 Å². The number of rotatable bonds is 8. The number of likely N-dealkylation sites (N-methyl/N-ethyl adjacent to an activating group) is 1. The molecule has 170 valence electrons. The summed E-state index contributed by atoms with van der Waals surface area (Å²) in [6.07, 6.45) is 0.861. The Morgan fingerprint density at radius 2 is 1.91 bits per heavy atom. The zero-order valence-electron chi connectivity index (χ0n) is 18.9. The molecule has 32 heavy (non-hydrogen) atoms. The lowest BCUT2D eigenvalue weighted by atomic mass is 9.93. The van der Waals surface area contributed by atoms with Gasteiger partial charge in [0.05, 0.1) is 18.2 Å². The molecule has 1 aliphatic rings. The number of aryl methyl sites for hydroxylation is 1. The number of hydrogen-bond donors (Lipinski definition) is 1. The second-order valence-electron chi connectivity index (χ2n) is 8.14. The maximum absolute atomic E-state index is 14.8. The quantitative estimate of drug-likeness (QED) is 0.383. The van der Waals surface area contributed by atoms with Crippen LogP contribution in [0.15, 0.2) is 48.0 Å². The number of likely N-dealkylation sites (tertiary alicyclic amines) is 1. The van der Waals surface area contributed by atoms with Crippen LogP contribution in [0, 0.1) is 12.7 Å². The Morgan fingerprint density at radius 3 is 2.53 bits per heavy atom. The monoisotopic (exact) mass is 440 g/mol. The van der Waals surface area contributed by atoms with Gasteiger partial charge in [-0.05, 0) is 57.3 Å². The molecule has 2 aromatic carbocycles. The molecule has 1 amide bonds. The Kier molecular flexibility index (Phi) is 7.30. The highest BCUT2D eigenvalue weighted by atomic mass is 19.1. The number of halogens is 1. The van der Waals surface area contributed by atoms with E-state index in [1.807, 2.05) is 25.9 Å². The van der Waals surface area contributed by atoms with Crippen molar-refractivity contribution in [1.82, 2.24) is 9.80 Å². The van der Waals surface area contributed by atoms with Crippen LogP contribution < -0.4 is 4.74 Å². The number of carbonyl (C=O) groups excluding carboxylic acids is 2. The predicted molar refractivity (Wildman–Crippen MR) is 121 cm³/mol. The van der Waals surface area contributed by atoms with E-state index in [0.29, 0.717) is 30.0 Å². The molecule has 1 N–H and O–H groups in total. The van der Waals surface area contributed by atoms with E-state index in [9.17, 15) is 19.1 Å². The van der Waals surface area contributed by atoms with Crippen molar-refractivity contribution in [2.45, 2.75) is 26.3 Å². The van der Waals surface area contributed by atoms with Gasteiger partial charge in [0.2, 0.25) is 0 Å². The first-order valence-electron chi connectivity index (χ1n) is 10.7. The second kappa shape index (κ2) is 9.96. The van der Waals surface area contributed by atoms with Crippen LogP contribution in [0.2, 0.25) is 0 Å². The van der Waals surface area contributed by atoms with Crippen molar-refractivity contribution in [2.75, 3.05) is 33.8 Å². The molecule has 1 atom stereocenters. The van der Waals surface area contributed by atoms with E-state index in [0.717, 1.165) is 6.42 Å². The second-order valence-corrected chi connectivity index (χ2v) is 8.14. The SMILES string of the molecule is CCCOc1ccc(C(O)=C2C(=O)C(=O)N(CCN(C)C)[C@@H]2c2ccccc2F)c(C)c1.